The summed E-state index contributed by atoms with van der Waals surface area (Å²) in [6.07, 6.45) is 0. The molecule has 3 rings (SSSR count). The maximum atomic E-state index is 12.8. The van der Waals surface area contributed by atoms with Crippen molar-refractivity contribution in [1.29, 1.82) is 0 Å². The third kappa shape index (κ3) is 2.57. The molecule has 0 aliphatic rings. The Bertz CT molecular complexity index is 881. The second-order valence-electron chi connectivity index (χ2n) is 4.95. The van der Waals surface area contributed by atoms with E-state index in [1.165, 1.54) is 11.7 Å². The van der Waals surface area contributed by atoms with E-state index in [1.807, 2.05) is 6.07 Å². The van der Waals surface area contributed by atoms with E-state index in [-0.39, 0.29) is 11.6 Å². The van der Waals surface area contributed by atoms with Crippen LogP contribution >= 0.6 is 0 Å². The summed E-state index contributed by atoms with van der Waals surface area (Å²) in [5.74, 6) is -0.200. The highest BCUT2D eigenvalue weighted by Gasteiger charge is 2.22. The molecule has 5 nitrogen and oxygen atoms in total. The molecule has 0 fully saturated rings. The Morgan fingerprint density at radius 2 is 1.70 bits per heavy atom. The summed E-state index contributed by atoms with van der Waals surface area (Å²) < 4.78 is 11.4. The topological polar surface area (TPSA) is 57.5 Å². The van der Waals surface area contributed by atoms with Crippen LogP contribution in [0.25, 0.3) is 10.9 Å². The number of hydrogen-bond acceptors (Lipinski definition) is 4. The van der Waals surface area contributed by atoms with Crippen molar-refractivity contribution in [2.45, 2.75) is 0 Å². The van der Waals surface area contributed by atoms with Crippen molar-refractivity contribution >= 4 is 22.8 Å². The maximum absolute atomic E-state index is 12.8. The zero-order chi connectivity index (χ0) is 16.4. The van der Waals surface area contributed by atoms with Crippen LogP contribution in [0.1, 0.15) is 20.8 Å². The molecule has 116 valence electrons. The third-order valence-electron chi connectivity index (χ3n) is 3.63. The minimum absolute atomic E-state index is 0.185. The van der Waals surface area contributed by atoms with Gasteiger partial charge in [0.05, 0.1) is 19.7 Å². The second-order valence-corrected chi connectivity index (χ2v) is 4.95. The Kier molecular flexibility index (Phi) is 3.85. The first-order valence-corrected chi connectivity index (χ1v) is 7.03. The maximum Gasteiger partial charge on any atom is 0.355 e. The number of hydrogen-bond donors (Lipinski definition) is 0. The molecule has 0 bridgehead atoms. The van der Waals surface area contributed by atoms with Crippen LogP contribution in [0.4, 0.5) is 0 Å². The Morgan fingerprint density at radius 1 is 0.957 bits per heavy atom. The van der Waals surface area contributed by atoms with E-state index < -0.39 is 5.97 Å². The minimum atomic E-state index is -0.565. The molecule has 2 aromatic carbocycles. The van der Waals surface area contributed by atoms with Gasteiger partial charge in [0.1, 0.15) is 11.4 Å². The standard InChI is InChI=1S/C18H15NO4/c1-22-14-8-9-15-13(10-14)11-16(18(21)23-2)19(15)17(20)12-6-4-3-5-7-12/h3-11H,1-2H3. The molecule has 0 saturated heterocycles. The molecule has 0 radical (unpaired) electrons. The van der Waals surface area contributed by atoms with E-state index in [0.717, 1.165) is 5.39 Å². The molecular weight excluding hydrogens is 294 g/mol. The van der Waals surface area contributed by atoms with Crippen molar-refractivity contribution in [2.75, 3.05) is 14.2 Å². The SMILES string of the molecule is COC(=O)c1cc2cc(OC)ccc2n1C(=O)c1ccccc1. The molecule has 0 spiro atoms. The summed E-state index contributed by atoms with van der Waals surface area (Å²) in [5, 5.41) is 0.731. The first-order valence-electron chi connectivity index (χ1n) is 7.03. The van der Waals surface area contributed by atoms with Gasteiger partial charge in [-0.15, -0.1) is 0 Å². The number of methoxy groups -OCH3 is 2. The highest BCUT2D eigenvalue weighted by Crippen LogP contribution is 2.26. The van der Waals surface area contributed by atoms with Crippen LogP contribution < -0.4 is 4.74 Å². The molecule has 5 heteroatoms. The van der Waals surface area contributed by atoms with E-state index in [9.17, 15) is 9.59 Å². The number of aromatic nitrogens is 1. The number of rotatable bonds is 3. The predicted molar refractivity (Wildman–Crippen MR) is 86.0 cm³/mol. The van der Waals surface area contributed by atoms with Gasteiger partial charge in [0.15, 0.2) is 0 Å². The molecule has 0 unspecified atom stereocenters. The van der Waals surface area contributed by atoms with E-state index >= 15 is 0 Å². The highest BCUT2D eigenvalue weighted by atomic mass is 16.5. The molecule has 0 N–H and O–H groups in total. The Hall–Kier alpha value is -3.08. The van der Waals surface area contributed by atoms with Crippen LogP contribution in [0.15, 0.2) is 54.6 Å². The molecule has 1 aromatic heterocycles. The van der Waals surface area contributed by atoms with Crippen molar-refractivity contribution in [3.05, 3.63) is 65.9 Å². The molecule has 0 amide bonds. The second kappa shape index (κ2) is 5.96. The largest absolute Gasteiger partial charge is 0.497 e. The van der Waals surface area contributed by atoms with Gasteiger partial charge in [0, 0.05) is 10.9 Å². The van der Waals surface area contributed by atoms with Gasteiger partial charge in [-0.25, -0.2) is 4.79 Å². The quantitative estimate of drug-likeness (QED) is 0.698. The van der Waals surface area contributed by atoms with Crippen LogP contribution in [0.3, 0.4) is 0 Å². The van der Waals surface area contributed by atoms with E-state index in [2.05, 4.69) is 0 Å². The van der Waals surface area contributed by atoms with Gasteiger partial charge in [-0.3, -0.25) is 9.36 Å². The summed E-state index contributed by atoms with van der Waals surface area (Å²) in [4.78, 5) is 24.9. The lowest BCUT2D eigenvalue weighted by molar-refractivity contribution is 0.0584. The zero-order valence-electron chi connectivity index (χ0n) is 12.8. The van der Waals surface area contributed by atoms with Gasteiger partial charge in [-0.2, -0.15) is 0 Å². The van der Waals surface area contributed by atoms with Crippen molar-refractivity contribution in [2.24, 2.45) is 0 Å². The summed E-state index contributed by atoms with van der Waals surface area (Å²) in [5.41, 5.74) is 1.30. The number of esters is 1. The van der Waals surface area contributed by atoms with E-state index in [0.29, 0.717) is 16.8 Å². The Labute approximate surface area is 133 Å². The summed E-state index contributed by atoms with van der Waals surface area (Å²) in [6.45, 7) is 0. The summed E-state index contributed by atoms with van der Waals surface area (Å²) in [7, 11) is 2.85. The summed E-state index contributed by atoms with van der Waals surface area (Å²) in [6, 6.07) is 15.7. The van der Waals surface area contributed by atoms with Gasteiger partial charge < -0.3 is 9.47 Å². The number of ether oxygens (including phenoxy) is 2. The number of carbonyl (C=O) groups is 2. The lowest BCUT2D eigenvalue weighted by Gasteiger charge is -2.08. The van der Waals surface area contributed by atoms with Crippen molar-refractivity contribution < 1.29 is 19.1 Å². The van der Waals surface area contributed by atoms with Gasteiger partial charge >= 0.3 is 5.97 Å². The van der Waals surface area contributed by atoms with Crippen LogP contribution in [-0.2, 0) is 4.74 Å². The molecule has 0 aliphatic carbocycles. The Morgan fingerprint density at radius 3 is 2.35 bits per heavy atom. The Balaban J connectivity index is 2.24. The zero-order valence-corrected chi connectivity index (χ0v) is 12.8. The fourth-order valence-corrected chi connectivity index (χ4v) is 2.50. The van der Waals surface area contributed by atoms with Crippen molar-refractivity contribution in [3.63, 3.8) is 0 Å². The van der Waals surface area contributed by atoms with Crippen molar-refractivity contribution in [1.82, 2.24) is 4.57 Å². The van der Waals surface area contributed by atoms with Gasteiger partial charge in [-0.1, -0.05) is 18.2 Å². The minimum Gasteiger partial charge on any atom is -0.497 e. The number of fused-ring (bicyclic) bond motifs is 1. The van der Waals surface area contributed by atoms with Crippen LogP contribution in [0.5, 0.6) is 5.75 Å². The number of benzene rings is 2. The first-order chi connectivity index (χ1) is 11.2. The van der Waals surface area contributed by atoms with Crippen LogP contribution in [-0.4, -0.2) is 30.7 Å². The number of nitrogens with zero attached hydrogens (tertiary/aromatic N) is 1. The first kappa shape index (κ1) is 14.8. The summed E-state index contributed by atoms with van der Waals surface area (Å²) >= 11 is 0. The lowest BCUT2D eigenvalue weighted by atomic mass is 10.2. The molecule has 3 aromatic rings. The average Bonchev–Trinajstić information content (AvgIpc) is 2.99. The van der Waals surface area contributed by atoms with Crippen LogP contribution in [0.2, 0.25) is 0 Å². The van der Waals surface area contributed by atoms with Gasteiger partial charge in [-0.05, 0) is 36.4 Å². The number of carbonyl (C=O) groups excluding carboxylic acids is 2. The van der Waals surface area contributed by atoms with Gasteiger partial charge in [0.2, 0.25) is 0 Å². The van der Waals surface area contributed by atoms with E-state index in [1.54, 1.807) is 55.6 Å². The molecule has 1 heterocycles. The molecule has 0 saturated carbocycles. The molecular formula is C18H15NO4. The van der Waals surface area contributed by atoms with E-state index in [4.69, 9.17) is 9.47 Å². The highest BCUT2D eigenvalue weighted by molar-refractivity contribution is 6.08. The lowest BCUT2D eigenvalue weighted by Crippen LogP contribution is -2.18. The normalized spacial score (nSPS) is 10.5. The van der Waals surface area contributed by atoms with Crippen LogP contribution in [0, 0.1) is 0 Å². The monoisotopic (exact) mass is 309 g/mol. The fraction of sp³-hybridized carbons (Fsp3) is 0.111. The predicted octanol–water partition coefficient (Wildman–Crippen LogP) is 3.13. The molecule has 0 atom stereocenters. The smallest absolute Gasteiger partial charge is 0.355 e. The molecule has 23 heavy (non-hydrogen) atoms. The fourth-order valence-electron chi connectivity index (χ4n) is 2.50. The average molecular weight is 309 g/mol. The third-order valence-corrected chi connectivity index (χ3v) is 3.63. The van der Waals surface area contributed by atoms with Gasteiger partial charge in [0.25, 0.3) is 5.91 Å². The molecule has 0 aliphatic heterocycles. The van der Waals surface area contributed by atoms with Crippen molar-refractivity contribution in [3.8, 4) is 5.75 Å².